The molecule has 5 aromatic rings. The number of allylic oxidation sites excluding steroid dienone is 1. The van der Waals surface area contributed by atoms with Crippen LogP contribution in [0.25, 0.3) is 50.2 Å². The average Bonchev–Trinajstić information content (AvgIpc) is 3.44. The first-order valence-corrected chi connectivity index (χ1v) is 13.9. The van der Waals surface area contributed by atoms with Gasteiger partial charge >= 0.3 is 0 Å². The van der Waals surface area contributed by atoms with E-state index in [0.29, 0.717) is 0 Å². The Kier molecular flexibility index (Phi) is 4.16. The molecule has 0 aromatic heterocycles. The van der Waals surface area contributed by atoms with Crippen molar-refractivity contribution in [2.45, 2.75) is 51.9 Å². The summed E-state index contributed by atoms with van der Waals surface area (Å²) in [5, 5.41) is 2.75. The summed E-state index contributed by atoms with van der Waals surface area (Å²) in [5.41, 5.74) is 18.4. The number of hydrogen-bond donors (Lipinski definition) is 0. The standard InChI is InChI=1S/C38H32/c1-6-10-22-11-7-14-25-28(22)17-24-18-32-33(19-29(24)25)38(4,5)35-21-31-27-16-9-13-23-12-8-15-26(36(23)27)30(31)20-34(35)37(32,2)3/h6-16,18-21H,17H2,1-5H3/b10-6-. The molecular weight excluding hydrogens is 456 g/mol. The molecule has 0 spiro atoms. The third kappa shape index (κ3) is 2.61. The van der Waals surface area contributed by atoms with Crippen LogP contribution in [0.15, 0.2) is 84.9 Å². The van der Waals surface area contributed by atoms with Crippen molar-refractivity contribution in [1.82, 2.24) is 0 Å². The van der Waals surface area contributed by atoms with Crippen LogP contribution in [0, 0.1) is 0 Å². The van der Waals surface area contributed by atoms with Gasteiger partial charge < -0.3 is 0 Å². The summed E-state index contributed by atoms with van der Waals surface area (Å²) in [6, 6.07) is 30.5. The number of fused-ring (bicyclic) bond motifs is 8. The molecule has 5 aromatic carbocycles. The molecule has 0 bridgehead atoms. The molecule has 0 heteroatoms. The highest BCUT2D eigenvalue weighted by molar-refractivity contribution is 6.15. The van der Waals surface area contributed by atoms with E-state index >= 15 is 0 Å². The third-order valence-corrected chi connectivity index (χ3v) is 9.80. The molecule has 0 saturated heterocycles. The third-order valence-electron chi connectivity index (χ3n) is 9.80. The minimum absolute atomic E-state index is 0.0756. The summed E-state index contributed by atoms with van der Waals surface area (Å²) in [7, 11) is 0. The molecule has 0 amide bonds. The van der Waals surface area contributed by atoms with Gasteiger partial charge in [-0.2, -0.15) is 0 Å². The Morgan fingerprint density at radius 2 is 1.11 bits per heavy atom. The second kappa shape index (κ2) is 7.14. The summed E-state index contributed by atoms with van der Waals surface area (Å²) in [5.74, 6) is 0. The van der Waals surface area contributed by atoms with Gasteiger partial charge in [-0.1, -0.05) is 101 Å². The maximum absolute atomic E-state index is 2.55. The highest BCUT2D eigenvalue weighted by atomic mass is 14.5. The molecule has 3 aliphatic rings. The normalized spacial score (nSPS) is 16.8. The largest absolute Gasteiger partial charge is 0.0871 e. The van der Waals surface area contributed by atoms with Gasteiger partial charge in [-0.05, 0) is 115 Å². The summed E-state index contributed by atoms with van der Waals surface area (Å²) in [6.07, 6.45) is 5.43. The van der Waals surface area contributed by atoms with Gasteiger partial charge in [0.05, 0.1) is 0 Å². The van der Waals surface area contributed by atoms with E-state index in [-0.39, 0.29) is 10.8 Å². The first-order valence-electron chi connectivity index (χ1n) is 13.9. The van der Waals surface area contributed by atoms with Crippen molar-refractivity contribution in [3.05, 3.63) is 124 Å². The fourth-order valence-corrected chi connectivity index (χ4v) is 7.82. The lowest BCUT2D eigenvalue weighted by Crippen LogP contribution is -2.36. The number of rotatable bonds is 1. The quantitative estimate of drug-likeness (QED) is 0.216. The lowest BCUT2D eigenvalue weighted by molar-refractivity contribution is 0.521. The van der Waals surface area contributed by atoms with Crippen LogP contribution in [0.2, 0.25) is 0 Å². The Morgan fingerprint density at radius 1 is 0.579 bits per heavy atom. The zero-order chi connectivity index (χ0) is 26.0. The molecule has 0 unspecified atom stereocenters. The second-order valence-electron chi connectivity index (χ2n) is 12.5. The van der Waals surface area contributed by atoms with E-state index in [1.165, 1.54) is 83.1 Å². The van der Waals surface area contributed by atoms with Crippen LogP contribution in [0.4, 0.5) is 0 Å². The topological polar surface area (TPSA) is 0 Å². The van der Waals surface area contributed by atoms with Crippen molar-refractivity contribution >= 4 is 16.8 Å². The highest BCUT2D eigenvalue weighted by Gasteiger charge is 2.44. The molecule has 0 fully saturated rings. The smallest absolute Gasteiger partial charge is 0.0153 e. The molecule has 0 nitrogen and oxygen atoms in total. The first-order chi connectivity index (χ1) is 18.3. The second-order valence-corrected chi connectivity index (χ2v) is 12.5. The molecule has 3 aliphatic carbocycles. The number of benzene rings is 5. The van der Waals surface area contributed by atoms with E-state index in [9.17, 15) is 0 Å². The molecule has 184 valence electrons. The van der Waals surface area contributed by atoms with Gasteiger partial charge in [0.25, 0.3) is 0 Å². The predicted molar refractivity (Wildman–Crippen MR) is 162 cm³/mol. The van der Waals surface area contributed by atoms with E-state index in [0.717, 1.165) is 6.42 Å². The molecule has 38 heavy (non-hydrogen) atoms. The van der Waals surface area contributed by atoms with Crippen molar-refractivity contribution in [2.75, 3.05) is 0 Å². The van der Waals surface area contributed by atoms with Crippen LogP contribution in [-0.4, -0.2) is 0 Å². The Hall–Kier alpha value is -3.90. The number of hydrogen-bond acceptors (Lipinski definition) is 0. The lowest BCUT2D eigenvalue weighted by atomic mass is 9.59. The minimum Gasteiger partial charge on any atom is -0.0871 e. The molecule has 0 radical (unpaired) electrons. The van der Waals surface area contributed by atoms with Crippen molar-refractivity contribution in [3.63, 3.8) is 0 Å². The van der Waals surface area contributed by atoms with Gasteiger partial charge in [-0.15, -0.1) is 0 Å². The van der Waals surface area contributed by atoms with Crippen molar-refractivity contribution in [3.8, 4) is 33.4 Å². The van der Waals surface area contributed by atoms with Crippen LogP contribution < -0.4 is 0 Å². The molecule has 8 rings (SSSR count). The SMILES string of the molecule is C/C=C\c1cccc2c1Cc1cc3c(cc1-2)C(C)(C)c1cc2c(cc1C3(C)C)-c1cccc3cccc-2c13. The van der Waals surface area contributed by atoms with Crippen LogP contribution in [0.5, 0.6) is 0 Å². The van der Waals surface area contributed by atoms with Crippen LogP contribution >= 0.6 is 0 Å². The highest BCUT2D eigenvalue weighted by Crippen LogP contribution is 2.56. The van der Waals surface area contributed by atoms with Crippen molar-refractivity contribution in [1.29, 1.82) is 0 Å². The summed E-state index contributed by atoms with van der Waals surface area (Å²) < 4.78 is 0. The zero-order valence-electron chi connectivity index (χ0n) is 22.9. The molecule has 0 atom stereocenters. The molecule has 0 heterocycles. The summed E-state index contributed by atoms with van der Waals surface area (Å²) >= 11 is 0. The molecule has 0 aliphatic heterocycles. The van der Waals surface area contributed by atoms with E-state index in [2.05, 4.69) is 126 Å². The van der Waals surface area contributed by atoms with Gasteiger partial charge in [-0.3, -0.25) is 0 Å². The van der Waals surface area contributed by atoms with Crippen molar-refractivity contribution < 1.29 is 0 Å². The maximum atomic E-state index is 2.55. The molecule has 0 N–H and O–H groups in total. The summed E-state index contributed by atoms with van der Waals surface area (Å²) in [4.78, 5) is 0. The van der Waals surface area contributed by atoms with Crippen LogP contribution in [0.3, 0.4) is 0 Å². The maximum Gasteiger partial charge on any atom is 0.0153 e. The van der Waals surface area contributed by atoms with Gasteiger partial charge in [0, 0.05) is 10.8 Å². The lowest BCUT2D eigenvalue weighted by Gasteiger charge is -2.44. The fraction of sp³-hybridized carbons (Fsp3) is 0.211. The first kappa shape index (κ1) is 22.1. The Labute approximate surface area is 225 Å². The van der Waals surface area contributed by atoms with E-state index in [4.69, 9.17) is 0 Å². The molecule has 0 saturated carbocycles. The van der Waals surface area contributed by atoms with E-state index < -0.39 is 0 Å². The molecular formula is C38H32. The average molecular weight is 489 g/mol. The Bertz CT molecular complexity index is 1890. The predicted octanol–water partition coefficient (Wildman–Crippen LogP) is 10.1. The van der Waals surface area contributed by atoms with E-state index in [1.54, 1.807) is 0 Å². The summed E-state index contributed by atoms with van der Waals surface area (Å²) in [6.45, 7) is 11.9. The Balaban J connectivity index is 1.38. The van der Waals surface area contributed by atoms with Crippen LogP contribution in [0.1, 0.15) is 73.6 Å². The van der Waals surface area contributed by atoms with Gasteiger partial charge in [0.15, 0.2) is 0 Å². The monoisotopic (exact) mass is 488 g/mol. The minimum atomic E-state index is -0.0867. The Morgan fingerprint density at radius 3 is 1.71 bits per heavy atom. The van der Waals surface area contributed by atoms with Crippen molar-refractivity contribution in [2.24, 2.45) is 0 Å². The van der Waals surface area contributed by atoms with Gasteiger partial charge in [0.1, 0.15) is 0 Å². The zero-order valence-corrected chi connectivity index (χ0v) is 22.9. The van der Waals surface area contributed by atoms with Crippen LogP contribution in [-0.2, 0) is 17.3 Å². The van der Waals surface area contributed by atoms with Gasteiger partial charge in [-0.25, -0.2) is 0 Å². The fourth-order valence-electron chi connectivity index (χ4n) is 7.82. The van der Waals surface area contributed by atoms with Gasteiger partial charge in [0.2, 0.25) is 0 Å². The van der Waals surface area contributed by atoms with E-state index in [1.807, 2.05) is 0 Å².